The standard InChI is InChI=1S/C12H24N2O4/c1-12(2,3)18-11(17)13-9(8-15)6-7-10(16)14(4)5/h9,15H,6-8H2,1-5H3,(H,13,17)/t9-/m0/s1. The molecule has 0 aliphatic heterocycles. The Bertz CT molecular complexity index is 284. The van der Waals surface area contributed by atoms with Crippen LogP contribution in [0.3, 0.4) is 0 Å². The maximum absolute atomic E-state index is 11.5. The molecule has 6 nitrogen and oxygen atoms in total. The number of alkyl carbamates (subject to hydrolysis) is 1. The summed E-state index contributed by atoms with van der Waals surface area (Å²) in [6.45, 7) is 5.06. The molecule has 0 aliphatic carbocycles. The van der Waals surface area contributed by atoms with E-state index in [0.29, 0.717) is 6.42 Å². The van der Waals surface area contributed by atoms with Crippen molar-refractivity contribution in [2.45, 2.75) is 45.3 Å². The smallest absolute Gasteiger partial charge is 0.407 e. The molecule has 0 spiro atoms. The second kappa shape index (κ2) is 7.20. The number of hydrogen-bond acceptors (Lipinski definition) is 4. The van der Waals surface area contributed by atoms with Crippen molar-refractivity contribution < 1.29 is 19.4 Å². The van der Waals surface area contributed by atoms with Gasteiger partial charge in [0.25, 0.3) is 0 Å². The molecule has 1 atom stereocenters. The molecule has 0 aromatic rings. The lowest BCUT2D eigenvalue weighted by atomic mass is 10.1. The Balaban J connectivity index is 4.12. The lowest BCUT2D eigenvalue weighted by Crippen LogP contribution is -2.41. The van der Waals surface area contributed by atoms with Crippen LogP contribution in [-0.2, 0) is 9.53 Å². The molecule has 0 unspecified atom stereocenters. The Morgan fingerprint density at radius 2 is 1.89 bits per heavy atom. The summed E-state index contributed by atoms with van der Waals surface area (Å²) in [5, 5.41) is 11.7. The number of aliphatic hydroxyl groups excluding tert-OH is 1. The first-order valence-corrected chi connectivity index (χ1v) is 5.96. The molecule has 0 aromatic carbocycles. The van der Waals surface area contributed by atoms with Crippen molar-refractivity contribution in [1.29, 1.82) is 0 Å². The van der Waals surface area contributed by atoms with Crippen LogP contribution < -0.4 is 5.32 Å². The number of aliphatic hydroxyl groups is 1. The molecule has 0 rings (SSSR count). The first-order valence-electron chi connectivity index (χ1n) is 5.96. The van der Waals surface area contributed by atoms with Gasteiger partial charge in [0, 0.05) is 20.5 Å². The summed E-state index contributed by atoms with van der Waals surface area (Å²) in [4.78, 5) is 24.3. The first kappa shape index (κ1) is 16.7. The second-order valence-electron chi connectivity index (χ2n) is 5.35. The number of nitrogens with zero attached hydrogens (tertiary/aromatic N) is 1. The molecular formula is C12H24N2O4. The molecule has 0 radical (unpaired) electrons. The Hall–Kier alpha value is -1.30. The van der Waals surface area contributed by atoms with Crippen LogP contribution >= 0.6 is 0 Å². The summed E-state index contributed by atoms with van der Waals surface area (Å²) >= 11 is 0. The molecule has 0 saturated heterocycles. The topological polar surface area (TPSA) is 78.9 Å². The maximum Gasteiger partial charge on any atom is 0.407 e. The molecule has 106 valence electrons. The van der Waals surface area contributed by atoms with Gasteiger partial charge in [0.15, 0.2) is 0 Å². The van der Waals surface area contributed by atoms with Crippen LogP contribution in [-0.4, -0.2) is 54.4 Å². The molecule has 6 heteroatoms. The Kier molecular flexibility index (Phi) is 6.68. The van der Waals surface area contributed by atoms with E-state index in [1.54, 1.807) is 34.9 Å². The van der Waals surface area contributed by atoms with Gasteiger partial charge in [-0.1, -0.05) is 0 Å². The molecule has 0 aromatic heterocycles. The number of carbonyl (C=O) groups excluding carboxylic acids is 2. The van der Waals surface area contributed by atoms with Crippen molar-refractivity contribution in [2.24, 2.45) is 0 Å². The third-order valence-electron chi connectivity index (χ3n) is 2.15. The van der Waals surface area contributed by atoms with Gasteiger partial charge in [-0.05, 0) is 27.2 Å². The zero-order valence-corrected chi connectivity index (χ0v) is 11.8. The van der Waals surface area contributed by atoms with E-state index in [9.17, 15) is 9.59 Å². The first-order chi connectivity index (χ1) is 8.15. The zero-order valence-electron chi connectivity index (χ0n) is 11.8. The fourth-order valence-corrected chi connectivity index (χ4v) is 1.20. The van der Waals surface area contributed by atoms with E-state index in [1.807, 2.05) is 0 Å². The Morgan fingerprint density at radius 1 is 1.33 bits per heavy atom. The van der Waals surface area contributed by atoms with Crippen LogP contribution in [0, 0.1) is 0 Å². The van der Waals surface area contributed by atoms with E-state index < -0.39 is 17.7 Å². The SMILES string of the molecule is CN(C)C(=O)CC[C@@H](CO)NC(=O)OC(C)(C)C. The lowest BCUT2D eigenvalue weighted by Gasteiger charge is -2.23. The van der Waals surface area contributed by atoms with Crippen LogP contribution in [0.1, 0.15) is 33.6 Å². The highest BCUT2D eigenvalue weighted by atomic mass is 16.6. The highest BCUT2D eigenvalue weighted by Gasteiger charge is 2.19. The Labute approximate surface area is 108 Å². The molecule has 2 amide bonds. The van der Waals surface area contributed by atoms with Gasteiger partial charge in [0.1, 0.15) is 5.60 Å². The summed E-state index contributed by atoms with van der Waals surface area (Å²) in [7, 11) is 3.33. The summed E-state index contributed by atoms with van der Waals surface area (Å²) in [5.41, 5.74) is -0.580. The monoisotopic (exact) mass is 260 g/mol. The fourth-order valence-electron chi connectivity index (χ4n) is 1.20. The van der Waals surface area contributed by atoms with Crippen molar-refractivity contribution in [2.75, 3.05) is 20.7 Å². The van der Waals surface area contributed by atoms with Crippen molar-refractivity contribution in [1.82, 2.24) is 10.2 Å². The quantitative estimate of drug-likeness (QED) is 0.764. The summed E-state index contributed by atoms with van der Waals surface area (Å²) < 4.78 is 5.07. The molecule has 2 N–H and O–H groups in total. The predicted molar refractivity (Wildman–Crippen MR) is 68.2 cm³/mol. The number of carbonyl (C=O) groups is 2. The van der Waals surface area contributed by atoms with Gasteiger partial charge in [0.05, 0.1) is 12.6 Å². The molecule has 0 bridgehead atoms. The van der Waals surface area contributed by atoms with E-state index in [4.69, 9.17) is 9.84 Å². The third kappa shape index (κ3) is 7.89. The van der Waals surface area contributed by atoms with Crippen LogP contribution in [0.4, 0.5) is 4.79 Å². The van der Waals surface area contributed by atoms with E-state index in [-0.39, 0.29) is 18.9 Å². The number of amides is 2. The largest absolute Gasteiger partial charge is 0.444 e. The van der Waals surface area contributed by atoms with Crippen LogP contribution in [0.25, 0.3) is 0 Å². The van der Waals surface area contributed by atoms with Gasteiger partial charge >= 0.3 is 6.09 Å². The van der Waals surface area contributed by atoms with Gasteiger partial charge in [0.2, 0.25) is 5.91 Å². The molecule has 0 fully saturated rings. The van der Waals surface area contributed by atoms with E-state index in [0.717, 1.165) is 0 Å². The van der Waals surface area contributed by atoms with Crippen molar-refractivity contribution >= 4 is 12.0 Å². The van der Waals surface area contributed by atoms with Gasteiger partial charge in [-0.15, -0.1) is 0 Å². The number of rotatable bonds is 5. The molecular weight excluding hydrogens is 236 g/mol. The Morgan fingerprint density at radius 3 is 2.28 bits per heavy atom. The number of hydrogen-bond donors (Lipinski definition) is 2. The van der Waals surface area contributed by atoms with Crippen molar-refractivity contribution in [3.8, 4) is 0 Å². The maximum atomic E-state index is 11.5. The normalized spacial score (nSPS) is 12.8. The number of ether oxygens (including phenoxy) is 1. The zero-order chi connectivity index (χ0) is 14.3. The lowest BCUT2D eigenvalue weighted by molar-refractivity contribution is -0.128. The van der Waals surface area contributed by atoms with E-state index >= 15 is 0 Å². The van der Waals surface area contributed by atoms with Gasteiger partial charge < -0.3 is 20.1 Å². The fraction of sp³-hybridized carbons (Fsp3) is 0.833. The van der Waals surface area contributed by atoms with E-state index in [1.165, 1.54) is 4.90 Å². The van der Waals surface area contributed by atoms with Crippen molar-refractivity contribution in [3.63, 3.8) is 0 Å². The molecule has 0 saturated carbocycles. The summed E-state index contributed by atoms with van der Waals surface area (Å²) in [6.07, 6.45) is 0.0692. The van der Waals surface area contributed by atoms with Gasteiger partial charge in [-0.25, -0.2) is 4.79 Å². The van der Waals surface area contributed by atoms with Gasteiger partial charge in [-0.3, -0.25) is 4.79 Å². The van der Waals surface area contributed by atoms with Crippen LogP contribution in [0.2, 0.25) is 0 Å². The van der Waals surface area contributed by atoms with Crippen LogP contribution in [0.5, 0.6) is 0 Å². The minimum absolute atomic E-state index is 0.0422. The second-order valence-corrected chi connectivity index (χ2v) is 5.35. The van der Waals surface area contributed by atoms with Crippen LogP contribution in [0.15, 0.2) is 0 Å². The highest BCUT2D eigenvalue weighted by Crippen LogP contribution is 2.07. The minimum atomic E-state index is -0.584. The van der Waals surface area contributed by atoms with E-state index in [2.05, 4.69) is 5.32 Å². The number of nitrogens with one attached hydrogen (secondary N) is 1. The average Bonchev–Trinajstić information content (AvgIpc) is 2.20. The summed E-state index contributed by atoms with van der Waals surface area (Å²) in [5.74, 6) is -0.0422. The van der Waals surface area contributed by atoms with Crippen molar-refractivity contribution in [3.05, 3.63) is 0 Å². The summed E-state index contributed by atoms with van der Waals surface area (Å²) in [6, 6.07) is -0.469. The third-order valence-corrected chi connectivity index (χ3v) is 2.15. The molecule has 0 heterocycles. The predicted octanol–water partition coefficient (Wildman–Crippen LogP) is 0.740. The highest BCUT2D eigenvalue weighted by molar-refractivity contribution is 5.75. The van der Waals surface area contributed by atoms with Gasteiger partial charge in [-0.2, -0.15) is 0 Å². The molecule has 0 aliphatic rings. The minimum Gasteiger partial charge on any atom is -0.444 e. The molecule has 18 heavy (non-hydrogen) atoms. The average molecular weight is 260 g/mol.